The molecule has 2 rings (SSSR count). The van der Waals surface area contributed by atoms with E-state index in [2.05, 4.69) is 19.2 Å². The summed E-state index contributed by atoms with van der Waals surface area (Å²) < 4.78 is 11.3. The third kappa shape index (κ3) is 4.25. The maximum Gasteiger partial charge on any atom is 0.256 e. The Bertz CT molecular complexity index is 543. The van der Waals surface area contributed by atoms with Gasteiger partial charge in [0.25, 0.3) is 5.91 Å². The van der Waals surface area contributed by atoms with Gasteiger partial charge in [-0.05, 0) is 62.3 Å². The molecule has 1 aromatic rings. The molecule has 1 aromatic carbocycles. The van der Waals surface area contributed by atoms with E-state index in [0.717, 1.165) is 42.7 Å². The van der Waals surface area contributed by atoms with Crippen LogP contribution in [0.2, 0.25) is 0 Å². The first kappa shape index (κ1) is 17.8. The van der Waals surface area contributed by atoms with Gasteiger partial charge in [0.1, 0.15) is 11.4 Å². The van der Waals surface area contributed by atoms with Gasteiger partial charge in [0.05, 0.1) is 7.11 Å². The summed E-state index contributed by atoms with van der Waals surface area (Å²) in [4.78, 5) is 12.9. The van der Waals surface area contributed by atoms with Gasteiger partial charge in [0, 0.05) is 12.3 Å². The number of aryl methyl sites for hydroxylation is 1. The summed E-state index contributed by atoms with van der Waals surface area (Å²) >= 11 is 0. The van der Waals surface area contributed by atoms with E-state index in [1.807, 2.05) is 25.1 Å². The Hall–Kier alpha value is -1.55. The predicted molar refractivity (Wildman–Crippen MR) is 93.0 cm³/mol. The van der Waals surface area contributed by atoms with Crippen molar-refractivity contribution in [2.24, 2.45) is 5.92 Å². The van der Waals surface area contributed by atoms with Gasteiger partial charge >= 0.3 is 0 Å². The van der Waals surface area contributed by atoms with E-state index < -0.39 is 5.60 Å². The molecule has 0 aliphatic heterocycles. The van der Waals surface area contributed by atoms with Gasteiger partial charge in [-0.2, -0.15) is 0 Å². The number of anilines is 1. The Morgan fingerprint density at radius 2 is 2.22 bits per heavy atom. The first-order valence-electron chi connectivity index (χ1n) is 8.61. The van der Waals surface area contributed by atoms with Gasteiger partial charge in [-0.25, -0.2) is 0 Å². The van der Waals surface area contributed by atoms with Crippen LogP contribution in [0.4, 0.5) is 5.69 Å². The van der Waals surface area contributed by atoms with Crippen LogP contribution in [0.25, 0.3) is 0 Å². The number of ether oxygens (including phenoxy) is 2. The molecule has 1 fully saturated rings. The van der Waals surface area contributed by atoms with Gasteiger partial charge in [-0.3, -0.25) is 4.79 Å². The molecule has 0 spiro atoms. The number of hydrogen-bond acceptors (Lipinski definition) is 3. The molecule has 0 radical (unpaired) electrons. The molecule has 0 aromatic heterocycles. The first-order chi connectivity index (χ1) is 11.0. The van der Waals surface area contributed by atoms with Crippen LogP contribution in [0.1, 0.15) is 51.5 Å². The SMILES string of the molecule is CCCO[C@]1(C(=O)Nc2ccc(OC)c(C)c2)CCC[C@@H](C)C1. The lowest BCUT2D eigenvalue weighted by atomic mass is 9.78. The van der Waals surface area contributed by atoms with E-state index in [1.165, 1.54) is 6.42 Å². The highest BCUT2D eigenvalue weighted by atomic mass is 16.5. The fourth-order valence-electron chi connectivity index (χ4n) is 3.40. The largest absolute Gasteiger partial charge is 0.496 e. The Labute approximate surface area is 139 Å². The van der Waals surface area contributed by atoms with Crippen LogP contribution in [0.3, 0.4) is 0 Å². The molecule has 1 N–H and O–H groups in total. The predicted octanol–water partition coefficient (Wildman–Crippen LogP) is 4.32. The van der Waals surface area contributed by atoms with Crippen LogP contribution in [-0.4, -0.2) is 25.2 Å². The molecule has 4 nitrogen and oxygen atoms in total. The topological polar surface area (TPSA) is 47.6 Å². The molecule has 4 heteroatoms. The minimum atomic E-state index is -0.679. The quantitative estimate of drug-likeness (QED) is 0.849. The third-order valence-electron chi connectivity index (χ3n) is 4.60. The van der Waals surface area contributed by atoms with Crippen molar-refractivity contribution < 1.29 is 14.3 Å². The lowest BCUT2D eigenvalue weighted by Crippen LogP contribution is -2.48. The van der Waals surface area contributed by atoms with Crippen LogP contribution >= 0.6 is 0 Å². The number of methoxy groups -OCH3 is 1. The average Bonchev–Trinajstić information content (AvgIpc) is 2.53. The van der Waals surface area contributed by atoms with Crippen LogP contribution in [0.5, 0.6) is 5.75 Å². The van der Waals surface area contributed by atoms with Crippen molar-refractivity contribution in [3.05, 3.63) is 23.8 Å². The van der Waals surface area contributed by atoms with Crippen LogP contribution in [0, 0.1) is 12.8 Å². The van der Waals surface area contributed by atoms with Crippen molar-refractivity contribution in [3.8, 4) is 5.75 Å². The van der Waals surface area contributed by atoms with Crippen molar-refractivity contribution in [2.45, 2.75) is 58.5 Å². The number of hydrogen-bond donors (Lipinski definition) is 1. The molecule has 0 bridgehead atoms. The van der Waals surface area contributed by atoms with Crippen molar-refractivity contribution in [1.29, 1.82) is 0 Å². The standard InChI is InChI=1S/C19H29NO3/c1-5-11-23-19(10-6-7-14(2)13-19)18(21)20-16-8-9-17(22-4)15(3)12-16/h8-9,12,14H,5-7,10-11,13H2,1-4H3,(H,20,21)/t14-,19-/m1/s1. The summed E-state index contributed by atoms with van der Waals surface area (Å²) in [5, 5.41) is 3.05. The molecule has 0 unspecified atom stereocenters. The van der Waals surface area contributed by atoms with Gasteiger partial charge in [-0.1, -0.05) is 20.3 Å². The second kappa shape index (κ2) is 7.82. The van der Waals surface area contributed by atoms with Crippen molar-refractivity contribution in [3.63, 3.8) is 0 Å². The highest BCUT2D eigenvalue weighted by Gasteiger charge is 2.42. The second-order valence-electron chi connectivity index (χ2n) is 6.68. The highest BCUT2D eigenvalue weighted by Crippen LogP contribution is 2.36. The summed E-state index contributed by atoms with van der Waals surface area (Å²) in [5.41, 5.74) is 1.12. The number of carbonyl (C=O) groups is 1. The van der Waals surface area contributed by atoms with Gasteiger partial charge < -0.3 is 14.8 Å². The minimum Gasteiger partial charge on any atom is -0.496 e. The van der Waals surface area contributed by atoms with Crippen LogP contribution < -0.4 is 10.1 Å². The van der Waals surface area contributed by atoms with E-state index in [-0.39, 0.29) is 5.91 Å². The molecule has 0 heterocycles. The zero-order valence-electron chi connectivity index (χ0n) is 14.8. The summed E-state index contributed by atoms with van der Waals surface area (Å²) in [6, 6.07) is 5.70. The lowest BCUT2D eigenvalue weighted by Gasteiger charge is -2.38. The number of nitrogens with one attached hydrogen (secondary N) is 1. The van der Waals surface area contributed by atoms with Crippen molar-refractivity contribution >= 4 is 11.6 Å². The summed E-state index contributed by atoms with van der Waals surface area (Å²) in [6.07, 6.45) is 4.74. The van der Waals surface area contributed by atoms with E-state index in [1.54, 1.807) is 7.11 Å². The third-order valence-corrected chi connectivity index (χ3v) is 4.60. The van der Waals surface area contributed by atoms with Gasteiger partial charge in [0.15, 0.2) is 0 Å². The van der Waals surface area contributed by atoms with Gasteiger partial charge in [-0.15, -0.1) is 0 Å². The fraction of sp³-hybridized carbons (Fsp3) is 0.632. The number of benzene rings is 1. The number of rotatable bonds is 6. The Morgan fingerprint density at radius 3 is 2.83 bits per heavy atom. The molecule has 0 saturated heterocycles. The Balaban J connectivity index is 2.15. The van der Waals surface area contributed by atoms with Crippen LogP contribution in [-0.2, 0) is 9.53 Å². The minimum absolute atomic E-state index is 0.0120. The fourth-order valence-corrected chi connectivity index (χ4v) is 3.40. The normalized spacial score (nSPS) is 24.3. The molecule has 128 valence electrons. The number of carbonyl (C=O) groups excluding carboxylic acids is 1. The molecule has 23 heavy (non-hydrogen) atoms. The average molecular weight is 319 g/mol. The Morgan fingerprint density at radius 1 is 1.43 bits per heavy atom. The second-order valence-corrected chi connectivity index (χ2v) is 6.68. The monoisotopic (exact) mass is 319 g/mol. The molecule has 1 aliphatic rings. The Kier molecular flexibility index (Phi) is 6.05. The number of amides is 1. The summed E-state index contributed by atoms with van der Waals surface area (Å²) in [7, 11) is 1.65. The molecule has 1 aliphatic carbocycles. The molecule has 1 amide bonds. The smallest absolute Gasteiger partial charge is 0.256 e. The maximum atomic E-state index is 12.9. The summed E-state index contributed by atoms with van der Waals surface area (Å²) in [5.74, 6) is 1.33. The van der Waals surface area contributed by atoms with E-state index >= 15 is 0 Å². The van der Waals surface area contributed by atoms with Crippen molar-refractivity contribution in [2.75, 3.05) is 19.0 Å². The molecular weight excluding hydrogens is 290 g/mol. The van der Waals surface area contributed by atoms with E-state index in [0.29, 0.717) is 12.5 Å². The summed E-state index contributed by atoms with van der Waals surface area (Å²) in [6.45, 7) is 6.88. The zero-order valence-corrected chi connectivity index (χ0v) is 14.8. The van der Waals surface area contributed by atoms with Crippen LogP contribution in [0.15, 0.2) is 18.2 Å². The maximum absolute atomic E-state index is 12.9. The van der Waals surface area contributed by atoms with Gasteiger partial charge in [0.2, 0.25) is 0 Å². The molecular formula is C19H29NO3. The highest BCUT2D eigenvalue weighted by molar-refractivity contribution is 5.97. The van der Waals surface area contributed by atoms with E-state index in [4.69, 9.17) is 9.47 Å². The van der Waals surface area contributed by atoms with E-state index in [9.17, 15) is 4.79 Å². The zero-order chi connectivity index (χ0) is 16.9. The lowest BCUT2D eigenvalue weighted by molar-refractivity contribution is -0.148. The molecule has 2 atom stereocenters. The molecule has 1 saturated carbocycles. The van der Waals surface area contributed by atoms with Crippen molar-refractivity contribution in [1.82, 2.24) is 0 Å². The first-order valence-corrected chi connectivity index (χ1v) is 8.61.